The Balaban J connectivity index is 1.67. The number of fused-ring (bicyclic) bond motifs is 1. The van der Waals surface area contributed by atoms with E-state index in [2.05, 4.69) is 4.98 Å². The van der Waals surface area contributed by atoms with E-state index in [4.69, 9.17) is 9.47 Å². The van der Waals surface area contributed by atoms with Crippen LogP contribution in [0.15, 0.2) is 72.8 Å². The molecule has 4 heteroatoms. The van der Waals surface area contributed by atoms with E-state index in [9.17, 15) is 4.79 Å². The number of hydrogen-bond donors (Lipinski definition) is 1. The fourth-order valence-corrected chi connectivity index (χ4v) is 3.21. The summed E-state index contributed by atoms with van der Waals surface area (Å²) in [7, 11) is 0. The van der Waals surface area contributed by atoms with E-state index in [0.717, 1.165) is 34.0 Å². The van der Waals surface area contributed by atoms with E-state index in [0.29, 0.717) is 30.3 Å². The Labute approximate surface area is 163 Å². The molecule has 4 aromatic rings. The Hall–Kier alpha value is -3.53. The first kappa shape index (κ1) is 17.9. The van der Waals surface area contributed by atoms with Gasteiger partial charge in [0, 0.05) is 22.7 Å². The van der Waals surface area contributed by atoms with Gasteiger partial charge in [-0.05, 0) is 24.1 Å². The van der Waals surface area contributed by atoms with Crippen molar-refractivity contribution >= 4 is 17.2 Å². The molecule has 1 heterocycles. The molecule has 4 rings (SSSR count). The maximum absolute atomic E-state index is 11.5. The van der Waals surface area contributed by atoms with Gasteiger partial charge in [-0.15, -0.1) is 0 Å². The fourth-order valence-electron chi connectivity index (χ4n) is 3.21. The Morgan fingerprint density at radius 2 is 1.36 bits per heavy atom. The molecule has 0 saturated carbocycles. The van der Waals surface area contributed by atoms with Crippen LogP contribution in [0.1, 0.15) is 27.2 Å². The van der Waals surface area contributed by atoms with Crippen LogP contribution in [-0.4, -0.2) is 11.3 Å². The number of H-pyrrole nitrogens is 1. The number of carbonyl (C=O) groups excluding carboxylic acids is 1. The average Bonchev–Trinajstić information content (AvgIpc) is 3.05. The van der Waals surface area contributed by atoms with Crippen molar-refractivity contribution in [1.29, 1.82) is 0 Å². The van der Waals surface area contributed by atoms with Crippen LogP contribution in [-0.2, 0) is 13.2 Å². The van der Waals surface area contributed by atoms with Crippen LogP contribution >= 0.6 is 0 Å². The van der Waals surface area contributed by atoms with Crippen LogP contribution in [0.4, 0.5) is 0 Å². The third-order valence-electron chi connectivity index (χ3n) is 4.69. The number of aromatic nitrogens is 1. The van der Waals surface area contributed by atoms with E-state index >= 15 is 0 Å². The normalized spacial score (nSPS) is 10.8. The largest absolute Gasteiger partial charge is 0.485 e. The highest BCUT2D eigenvalue weighted by Crippen LogP contribution is 2.35. The summed E-state index contributed by atoms with van der Waals surface area (Å²) in [4.78, 5) is 14.7. The van der Waals surface area contributed by atoms with Crippen LogP contribution in [0.25, 0.3) is 10.9 Å². The Morgan fingerprint density at radius 1 is 0.821 bits per heavy atom. The SMILES string of the molecule is Cc1[nH]c2cc(OCc3ccccc3)c(OCc3ccccc3)cc2c1C=O. The molecule has 0 atom stereocenters. The molecule has 0 bridgehead atoms. The van der Waals surface area contributed by atoms with Crippen molar-refractivity contribution in [3.8, 4) is 11.5 Å². The average molecular weight is 371 g/mol. The summed E-state index contributed by atoms with van der Waals surface area (Å²) in [6.07, 6.45) is 0.875. The summed E-state index contributed by atoms with van der Waals surface area (Å²) in [5, 5.41) is 0.836. The van der Waals surface area contributed by atoms with Gasteiger partial charge in [-0.2, -0.15) is 0 Å². The summed E-state index contributed by atoms with van der Waals surface area (Å²) < 4.78 is 12.1. The molecule has 1 N–H and O–H groups in total. The standard InChI is InChI=1S/C24H21NO3/c1-17-21(14-26)20-12-23(27-15-18-8-4-2-5-9-18)24(13-22(20)25-17)28-16-19-10-6-3-7-11-19/h2-14,25H,15-16H2,1H3. The first-order valence-corrected chi connectivity index (χ1v) is 9.19. The molecular formula is C24H21NO3. The highest BCUT2D eigenvalue weighted by molar-refractivity contribution is 6.00. The number of rotatable bonds is 7. The number of aldehydes is 1. The first-order chi connectivity index (χ1) is 13.7. The Morgan fingerprint density at radius 3 is 1.89 bits per heavy atom. The van der Waals surface area contributed by atoms with Gasteiger partial charge in [-0.25, -0.2) is 0 Å². The van der Waals surface area contributed by atoms with Crippen LogP contribution < -0.4 is 9.47 Å². The lowest BCUT2D eigenvalue weighted by molar-refractivity contribution is 0.112. The number of carbonyl (C=O) groups is 1. The van der Waals surface area contributed by atoms with E-state index in [-0.39, 0.29) is 0 Å². The lowest BCUT2D eigenvalue weighted by Crippen LogP contribution is -2.00. The molecule has 1 aromatic heterocycles. The highest BCUT2D eigenvalue weighted by Gasteiger charge is 2.14. The van der Waals surface area contributed by atoms with Crippen molar-refractivity contribution in [3.05, 3.63) is 95.2 Å². The van der Waals surface area contributed by atoms with Crippen molar-refractivity contribution < 1.29 is 14.3 Å². The molecule has 0 spiro atoms. The molecule has 140 valence electrons. The summed E-state index contributed by atoms with van der Waals surface area (Å²) in [5.74, 6) is 1.26. The van der Waals surface area contributed by atoms with Crippen LogP contribution in [0.5, 0.6) is 11.5 Å². The van der Waals surface area contributed by atoms with E-state index in [1.54, 1.807) is 0 Å². The third kappa shape index (κ3) is 3.76. The van der Waals surface area contributed by atoms with Gasteiger partial charge in [0.1, 0.15) is 13.2 Å². The van der Waals surface area contributed by atoms with Crippen LogP contribution in [0.2, 0.25) is 0 Å². The number of aryl methyl sites for hydroxylation is 1. The molecule has 4 nitrogen and oxygen atoms in total. The maximum Gasteiger partial charge on any atom is 0.163 e. The van der Waals surface area contributed by atoms with Crippen LogP contribution in [0.3, 0.4) is 0 Å². The Kier molecular flexibility index (Phi) is 5.11. The van der Waals surface area contributed by atoms with Gasteiger partial charge in [0.05, 0.1) is 5.52 Å². The van der Waals surface area contributed by atoms with E-state index < -0.39 is 0 Å². The second-order valence-electron chi connectivity index (χ2n) is 6.67. The first-order valence-electron chi connectivity index (χ1n) is 9.19. The zero-order valence-electron chi connectivity index (χ0n) is 15.6. The van der Waals surface area contributed by atoms with E-state index in [1.165, 1.54) is 0 Å². The van der Waals surface area contributed by atoms with Gasteiger partial charge in [0.2, 0.25) is 0 Å². The lowest BCUT2D eigenvalue weighted by atomic mass is 10.1. The smallest absolute Gasteiger partial charge is 0.163 e. The van der Waals surface area contributed by atoms with Gasteiger partial charge in [-0.3, -0.25) is 4.79 Å². The minimum atomic E-state index is 0.424. The lowest BCUT2D eigenvalue weighted by Gasteiger charge is -2.14. The van der Waals surface area contributed by atoms with Crippen molar-refractivity contribution in [2.75, 3.05) is 0 Å². The van der Waals surface area contributed by atoms with Gasteiger partial charge < -0.3 is 14.5 Å². The molecule has 0 aliphatic heterocycles. The van der Waals surface area contributed by atoms with Gasteiger partial charge in [0.15, 0.2) is 17.8 Å². The molecule has 0 amide bonds. The summed E-state index contributed by atoms with van der Waals surface area (Å²) in [6, 6.07) is 23.7. The molecule has 28 heavy (non-hydrogen) atoms. The second kappa shape index (κ2) is 8.01. The molecule has 0 aliphatic rings. The molecule has 0 unspecified atom stereocenters. The van der Waals surface area contributed by atoms with Crippen molar-refractivity contribution in [1.82, 2.24) is 4.98 Å². The van der Waals surface area contributed by atoms with Crippen molar-refractivity contribution in [2.24, 2.45) is 0 Å². The van der Waals surface area contributed by atoms with Crippen molar-refractivity contribution in [2.45, 2.75) is 20.1 Å². The topological polar surface area (TPSA) is 51.3 Å². The highest BCUT2D eigenvalue weighted by atomic mass is 16.5. The molecular weight excluding hydrogens is 350 g/mol. The predicted molar refractivity (Wildman–Crippen MR) is 110 cm³/mol. The number of hydrogen-bond acceptors (Lipinski definition) is 3. The number of benzene rings is 3. The zero-order chi connectivity index (χ0) is 19.3. The molecule has 0 radical (unpaired) electrons. The number of ether oxygens (including phenoxy) is 2. The van der Waals surface area contributed by atoms with Gasteiger partial charge in [0.25, 0.3) is 0 Å². The summed E-state index contributed by atoms with van der Waals surface area (Å²) in [5.41, 5.74) is 4.48. The quantitative estimate of drug-likeness (QED) is 0.440. The summed E-state index contributed by atoms with van der Waals surface area (Å²) >= 11 is 0. The Bertz CT molecular complexity index is 1090. The number of nitrogens with one attached hydrogen (secondary N) is 1. The predicted octanol–water partition coefficient (Wildman–Crippen LogP) is 5.45. The molecule has 0 fully saturated rings. The summed E-state index contributed by atoms with van der Waals surface area (Å²) in [6.45, 7) is 2.75. The van der Waals surface area contributed by atoms with E-state index in [1.807, 2.05) is 79.7 Å². The van der Waals surface area contributed by atoms with Gasteiger partial charge in [-0.1, -0.05) is 60.7 Å². The maximum atomic E-state index is 11.5. The number of aromatic amines is 1. The monoisotopic (exact) mass is 371 g/mol. The minimum absolute atomic E-state index is 0.424. The van der Waals surface area contributed by atoms with Gasteiger partial charge >= 0.3 is 0 Å². The second-order valence-corrected chi connectivity index (χ2v) is 6.67. The fraction of sp³-hybridized carbons (Fsp3) is 0.125. The zero-order valence-corrected chi connectivity index (χ0v) is 15.6. The molecule has 0 saturated heterocycles. The van der Waals surface area contributed by atoms with Crippen LogP contribution in [0, 0.1) is 6.92 Å². The third-order valence-corrected chi connectivity index (χ3v) is 4.69. The molecule has 0 aliphatic carbocycles. The minimum Gasteiger partial charge on any atom is -0.485 e. The van der Waals surface area contributed by atoms with Crippen molar-refractivity contribution in [3.63, 3.8) is 0 Å². The molecule has 3 aromatic carbocycles.